The first-order chi connectivity index (χ1) is 7.27. The molecule has 0 radical (unpaired) electrons. The van der Waals surface area contributed by atoms with Crippen molar-refractivity contribution in [2.45, 2.75) is 39.0 Å². The van der Waals surface area contributed by atoms with E-state index >= 15 is 0 Å². The largest absolute Gasteiger partial charge is 0.371 e. The summed E-state index contributed by atoms with van der Waals surface area (Å²) in [4.78, 5) is 6.89. The number of hydrogen-bond donors (Lipinski definition) is 0. The van der Waals surface area contributed by atoms with E-state index in [0.717, 1.165) is 0 Å². The summed E-state index contributed by atoms with van der Waals surface area (Å²) in [6, 6.07) is 4.38. The molecular weight excluding hydrogens is 184 g/mol. The zero-order valence-corrected chi connectivity index (χ0v) is 9.74. The van der Waals surface area contributed by atoms with Crippen LogP contribution < -0.4 is 4.90 Å². The minimum atomic E-state index is 0.523. The van der Waals surface area contributed by atoms with Gasteiger partial charge in [-0.15, -0.1) is 0 Å². The molecule has 2 heterocycles. The minimum Gasteiger partial charge on any atom is -0.371 e. The Morgan fingerprint density at radius 2 is 1.93 bits per heavy atom. The third-order valence-corrected chi connectivity index (χ3v) is 3.08. The summed E-state index contributed by atoms with van der Waals surface area (Å²) in [6.45, 7) is 6.81. The first kappa shape index (κ1) is 10.5. The molecule has 2 nitrogen and oxygen atoms in total. The lowest BCUT2D eigenvalue weighted by Gasteiger charge is -2.29. The molecule has 0 saturated carbocycles. The van der Waals surface area contributed by atoms with Crippen LogP contribution in [0.5, 0.6) is 0 Å². The van der Waals surface area contributed by atoms with E-state index in [2.05, 4.69) is 35.9 Å². The summed E-state index contributed by atoms with van der Waals surface area (Å²) in [6.07, 6.45) is 6.00. The standard InChI is InChI=1S/C13H20N2/c1-11(2)13-10-12(6-7-14-13)15-8-4-3-5-9-15/h6-7,10-11H,3-5,8-9H2,1-2H3. The van der Waals surface area contributed by atoms with Gasteiger partial charge in [-0.1, -0.05) is 13.8 Å². The molecule has 0 bridgehead atoms. The Morgan fingerprint density at radius 1 is 1.20 bits per heavy atom. The van der Waals surface area contributed by atoms with Crippen molar-refractivity contribution in [3.8, 4) is 0 Å². The molecule has 1 saturated heterocycles. The van der Waals surface area contributed by atoms with Gasteiger partial charge in [0, 0.05) is 30.7 Å². The van der Waals surface area contributed by atoms with Crippen LogP contribution in [0.15, 0.2) is 18.3 Å². The first-order valence-electron chi connectivity index (χ1n) is 5.98. The van der Waals surface area contributed by atoms with E-state index < -0.39 is 0 Å². The molecule has 0 aliphatic carbocycles. The monoisotopic (exact) mass is 204 g/mol. The number of rotatable bonds is 2. The number of anilines is 1. The molecule has 1 aliphatic rings. The average molecular weight is 204 g/mol. The Labute approximate surface area is 92.3 Å². The predicted molar refractivity (Wildman–Crippen MR) is 64.4 cm³/mol. The lowest BCUT2D eigenvalue weighted by atomic mass is 10.1. The molecule has 1 fully saturated rings. The molecule has 1 aliphatic heterocycles. The van der Waals surface area contributed by atoms with Crippen LogP contribution in [0, 0.1) is 0 Å². The van der Waals surface area contributed by atoms with Crippen LogP contribution in [0.25, 0.3) is 0 Å². The molecular formula is C13H20N2. The fraction of sp³-hybridized carbons (Fsp3) is 0.615. The zero-order chi connectivity index (χ0) is 10.7. The predicted octanol–water partition coefficient (Wildman–Crippen LogP) is 3.20. The van der Waals surface area contributed by atoms with Crippen molar-refractivity contribution < 1.29 is 0 Å². The summed E-state index contributed by atoms with van der Waals surface area (Å²) < 4.78 is 0. The summed E-state index contributed by atoms with van der Waals surface area (Å²) in [5, 5.41) is 0. The van der Waals surface area contributed by atoms with Crippen LogP contribution in [0.1, 0.15) is 44.7 Å². The number of pyridine rings is 1. The maximum atomic E-state index is 4.41. The Kier molecular flexibility index (Phi) is 3.24. The molecule has 0 atom stereocenters. The van der Waals surface area contributed by atoms with Gasteiger partial charge in [-0.25, -0.2) is 0 Å². The van der Waals surface area contributed by atoms with Gasteiger partial charge in [0.1, 0.15) is 0 Å². The second-order valence-electron chi connectivity index (χ2n) is 4.64. The van der Waals surface area contributed by atoms with E-state index in [9.17, 15) is 0 Å². The second kappa shape index (κ2) is 4.65. The van der Waals surface area contributed by atoms with E-state index in [1.54, 1.807) is 0 Å². The van der Waals surface area contributed by atoms with Crippen LogP contribution in [0.3, 0.4) is 0 Å². The maximum Gasteiger partial charge on any atom is 0.0449 e. The summed E-state index contributed by atoms with van der Waals surface area (Å²) >= 11 is 0. The summed E-state index contributed by atoms with van der Waals surface area (Å²) in [5.74, 6) is 0.523. The van der Waals surface area contributed by atoms with Gasteiger partial charge in [-0.3, -0.25) is 4.98 Å². The van der Waals surface area contributed by atoms with Crippen LogP contribution >= 0.6 is 0 Å². The molecule has 2 heteroatoms. The van der Waals surface area contributed by atoms with Crippen molar-refractivity contribution in [3.05, 3.63) is 24.0 Å². The van der Waals surface area contributed by atoms with Crippen molar-refractivity contribution in [2.75, 3.05) is 18.0 Å². The van der Waals surface area contributed by atoms with Crippen molar-refractivity contribution in [1.82, 2.24) is 4.98 Å². The third-order valence-electron chi connectivity index (χ3n) is 3.08. The van der Waals surface area contributed by atoms with Crippen LogP contribution in [-0.4, -0.2) is 18.1 Å². The molecule has 82 valence electrons. The van der Waals surface area contributed by atoms with Gasteiger partial charge in [-0.05, 0) is 37.3 Å². The quantitative estimate of drug-likeness (QED) is 0.735. The van der Waals surface area contributed by atoms with Crippen LogP contribution in [0.4, 0.5) is 5.69 Å². The molecule has 0 amide bonds. The van der Waals surface area contributed by atoms with Crippen molar-refractivity contribution >= 4 is 5.69 Å². The number of nitrogens with zero attached hydrogens (tertiary/aromatic N) is 2. The van der Waals surface area contributed by atoms with E-state index in [4.69, 9.17) is 0 Å². The van der Waals surface area contributed by atoms with E-state index in [1.807, 2.05) is 6.20 Å². The Morgan fingerprint density at radius 3 is 2.60 bits per heavy atom. The Bertz CT molecular complexity index is 314. The SMILES string of the molecule is CC(C)c1cc(N2CCCCC2)ccn1. The molecule has 2 rings (SSSR count). The fourth-order valence-electron chi connectivity index (χ4n) is 2.10. The van der Waals surface area contributed by atoms with E-state index in [-0.39, 0.29) is 0 Å². The van der Waals surface area contributed by atoms with Gasteiger partial charge >= 0.3 is 0 Å². The first-order valence-corrected chi connectivity index (χ1v) is 5.98. The summed E-state index contributed by atoms with van der Waals surface area (Å²) in [5.41, 5.74) is 2.56. The van der Waals surface area contributed by atoms with Gasteiger partial charge in [0.25, 0.3) is 0 Å². The molecule has 0 N–H and O–H groups in total. The highest BCUT2D eigenvalue weighted by atomic mass is 15.1. The molecule has 1 aromatic rings. The lowest BCUT2D eigenvalue weighted by Crippen LogP contribution is -2.29. The number of aromatic nitrogens is 1. The van der Waals surface area contributed by atoms with Crippen molar-refractivity contribution in [1.29, 1.82) is 0 Å². The second-order valence-corrected chi connectivity index (χ2v) is 4.64. The Balaban J connectivity index is 2.16. The Hall–Kier alpha value is -1.05. The third kappa shape index (κ3) is 2.49. The topological polar surface area (TPSA) is 16.1 Å². The van der Waals surface area contributed by atoms with Gasteiger partial charge in [0.15, 0.2) is 0 Å². The highest BCUT2D eigenvalue weighted by molar-refractivity contribution is 5.47. The molecule has 1 aromatic heterocycles. The highest BCUT2D eigenvalue weighted by Gasteiger charge is 2.11. The smallest absolute Gasteiger partial charge is 0.0449 e. The minimum absolute atomic E-state index is 0.523. The van der Waals surface area contributed by atoms with Gasteiger partial charge in [-0.2, -0.15) is 0 Å². The zero-order valence-electron chi connectivity index (χ0n) is 9.74. The number of piperidine rings is 1. The van der Waals surface area contributed by atoms with Crippen LogP contribution in [-0.2, 0) is 0 Å². The normalized spacial score (nSPS) is 17.1. The molecule has 0 spiro atoms. The van der Waals surface area contributed by atoms with Gasteiger partial charge < -0.3 is 4.90 Å². The van der Waals surface area contributed by atoms with Crippen LogP contribution in [0.2, 0.25) is 0 Å². The fourth-order valence-corrected chi connectivity index (χ4v) is 2.10. The van der Waals surface area contributed by atoms with Gasteiger partial charge in [0.05, 0.1) is 0 Å². The summed E-state index contributed by atoms with van der Waals surface area (Å²) in [7, 11) is 0. The van der Waals surface area contributed by atoms with E-state index in [0.29, 0.717) is 5.92 Å². The molecule has 15 heavy (non-hydrogen) atoms. The lowest BCUT2D eigenvalue weighted by molar-refractivity contribution is 0.577. The molecule has 0 aromatic carbocycles. The molecule has 0 unspecified atom stereocenters. The average Bonchev–Trinajstić information content (AvgIpc) is 2.30. The van der Waals surface area contributed by atoms with Crippen molar-refractivity contribution in [2.24, 2.45) is 0 Å². The van der Waals surface area contributed by atoms with Gasteiger partial charge in [0.2, 0.25) is 0 Å². The highest BCUT2D eigenvalue weighted by Crippen LogP contribution is 2.22. The maximum absolute atomic E-state index is 4.41. The number of hydrogen-bond acceptors (Lipinski definition) is 2. The van der Waals surface area contributed by atoms with Crippen molar-refractivity contribution in [3.63, 3.8) is 0 Å². The van der Waals surface area contributed by atoms with E-state index in [1.165, 1.54) is 43.7 Å².